The Morgan fingerprint density at radius 1 is 1.21 bits per heavy atom. The number of aromatic nitrogens is 2. The quantitative estimate of drug-likeness (QED) is 0.891. The van der Waals surface area contributed by atoms with E-state index in [0.717, 1.165) is 23.3 Å². The molecule has 4 heteroatoms. The van der Waals surface area contributed by atoms with Gasteiger partial charge < -0.3 is 9.84 Å². The van der Waals surface area contributed by atoms with Gasteiger partial charge in [-0.05, 0) is 36.1 Å². The third-order valence-electron chi connectivity index (χ3n) is 3.80. The van der Waals surface area contributed by atoms with Crippen molar-refractivity contribution in [2.45, 2.75) is 24.9 Å². The molecule has 0 saturated carbocycles. The summed E-state index contributed by atoms with van der Waals surface area (Å²) in [5.74, 6) is 0.826. The number of hydrogen-bond donors (Lipinski definition) is 1. The largest absolute Gasteiger partial charge is 0.497 e. The fourth-order valence-corrected chi connectivity index (χ4v) is 2.67. The van der Waals surface area contributed by atoms with E-state index in [-0.39, 0.29) is 0 Å². The molecule has 3 rings (SSSR count). The molecule has 4 nitrogen and oxygen atoms in total. The summed E-state index contributed by atoms with van der Waals surface area (Å²) in [7, 11) is 1.65. The molecule has 1 unspecified atom stereocenters. The Morgan fingerprint density at radius 3 is 2.74 bits per heavy atom. The number of fused-ring (bicyclic) bond motifs is 1. The van der Waals surface area contributed by atoms with Crippen molar-refractivity contribution >= 4 is 0 Å². The maximum atomic E-state index is 10.8. The Bertz CT molecular complexity index is 586. The monoisotopic (exact) mass is 256 g/mol. The molecule has 0 aliphatic heterocycles. The Hall–Kier alpha value is -1.94. The van der Waals surface area contributed by atoms with Crippen molar-refractivity contribution in [3.63, 3.8) is 0 Å². The lowest BCUT2D eigenvalue weighted by atomic mass is 9.77. The highest BCUT2D eigenvalue weighted by atomic mass is 16.5. The third kappa shape index (κ3) is 2.19. The van der Waals surface area contributed by atoms with Gasteiger partial charge in [-0.2, -0.15) is 0 Å². The number of benzene rings is 1. The summed E-state index contributed by atoms with van der Waals surface area (Å²) in [6, 6.07) is 6.05. The van der Waals surface area contributed by atoms with Gasteiger partial charge in [-0.3, -0.25) is 0 Å². The average molecular weight is 256 g/mol. The second-order valence-corrected chi connectivity index (χ2v) is 4.97. The molecule has 0 radical (unpaired) electrons. The molecule has 0 spiro atoms. The van der Waals surface area contributed by atoms with E-state index in [1.54, 1.807) is 19.5 Å². The first-order valence-corrected chi connectivity index (χ1v) is 6.35. The highest BCUT2D eigenvalue weighted by Crippen LogP contribution is 2.37. The van der Waals surface area contributed by atoms with Crippen molar-refractivity contribution in [1.29, 1.82) is 0 Å². The molecule has 0 saturated heterocycles. The molecular weight excluding hydrogens is 240 g/mol. The molecule has 98 valence electrons. The fourth-order valence-electron chi connectivity index (χ4n) is 2.67. The van der Waals surface area contributed by atoms with Crippen LogP contribution in [0, 0.1) is 0 Å². The normalized spacial score (nSPS) is 21.8. The Labute approximate surface area is 112 Å². The Kier molecular flexibility index (Phi) is 2.95. The smallest absolute Gasteiger partial charge is 0.119 e. The molecule has 1 aromatic heterocycles. The molecule has 1 aliphatic rings. The van der Waals surface area contributed by atoms with Gasteiger partial charge >= 0.3 is 0 Å². The first-order valence-electron chi connectivity index (χ1n) is 6.35. The first kappa shape index (κ1) is 12.1. The highest BCUT2D eigenvalue weighted by Gasteiger charge is 2.34. The minimum Gasteiger partial charge on any atom is -0.497 e. The molecule has 1 heterocycles. The van der Waals surface area contributed by atoms with Crippen LogP contribution in [0.4, 0.5) is 0 Å². The zero-order chi connectivity index (χ0) is 13.3. The highest BCUT2D eigenvalue weighted by molar-refractivity contribution is 5.40. The van der Waals surface area contributed by atoms with Gasteiger partial charge in [-0.25, -0.2) is 9.97 Å². The maximum absolute atomic E-state index is 10.8. The molecule has 19 heavy (non-hydrogen) atoms. The average Bonchev–Trinajstić information content (AvgIpc) is 2.47. The number of methoxy groups -OCH3 is 1. The van der Waals surface area contributed by atoms with E-state index in [1.165, 1.54) is 11.9 Å². The molecule has 0 fully saturated rings. The molecule has 1 aliphatic carbocycles. The summed E-state index contributed by atoms with van der Waals surface area (Å²) in [5.41, 5.74) is 2.32. The van der Waals surface area contributed by atoms with Crippen molar-refractivity contribution in [1.82, 2.24) is 9.97 Å². The van der Waals surface area contributed by atoms with Crippen LogP contribution in [0.3, 0.4) is 0 Å². The number of aliphatic hydroxyl groups is 1. The number of hydrogen-bond acceptors (Lipinski definition) is 4. The van der Waals surface area contributed by atoms with Crippen LogP contribution in [-0.4, -0.2) is 22.2 Å². The summed E-state index contributed by atoms with van der Waals surface area (Å²) < 4.78 is 5.25. The predicted molar refractivity (Wildman–Crippen MR) is 70.9 cm³/mol. The minimum atomic E-state index is -0.874. The number of ether oxygens (including phenoxy) is 1. The second kappa shape index (κ2) is 4.63. The van der Waals surface area contributed by atoms with Crippen LogP contribution in [-0.2, 0) is 18.4 Å². The molecular formula is C15H16N2O2. The maximum Gasteiger partial charge on any atom is 0.119 e. The Balaban J connectivity index is 1.96. The molecule has 0 bridgehead atoms. The van der Waals surface area contributed by atoms with Crippen molar-refractivity contribution in [3.8, 4) is 5.75 Å². The van der Waals surface area contributed by atoms with Gasteiger partial charge in [0.25, 0.3) is 0 Å². The van der Waals surface area contributed by atoms with Crippen LogP contribution in [0.5, 0.6) is 5.75 Å². The van der Waals surface area contributed by atoms with Crippen molar-refractivity contribution in [2.75, 3.05) is 7.11 Å². The molecule has 1 atom stereocenters. The van der Waals surface area contributed by atoms with Crippen LogP contribution in [0.25, 0.3) is 0 Å². The van der Waals surface area contributed by atoms with Gasteiger partial charge in [0.05, 0.1) is 12.7 Å². The molecule has 2 aromatic rings. The predicted octanol–water partition coefficient (Wildman–Crippen LogP) is 1.86. The second-order valence-electron chi connectivity index (χ2n) is 4.97. The van der Waals surface area contributed by atoms with Gasteiger partial charge in [0, 0.05) is 24.4 Å². The van der Waals surface area contributed by atoms with Crippen LogP contribution in [0.1, 0.15) is 23.1 Å². The fraction of sp³-hybridized carbons (Fsp3) is 0.333. The molecule has 0 amide bonds. The van der Waals surface area contributed by atoms with E-state index in [2.05, 4.69) is 16.0 Å². The standard InChI is InChI=1S/C15H16N2O2/c1-19-14-3-2-11-4-5-15(18,7-12(11)6-14)13-8-16-10-17-9-13/h2-3,6,8-10,18H,4-5,7H2,1H3. The van der Waals surface area contributed by atoms with E-state index in [9.17, 15) is 5.11 Å². The SMILES string of the molecule is COc1ccc2c(c1)CC(O)(c1cncnc1)CC2. The van der Waals surface area contributed by atoms with Crippen LogP contribution in [0.15, 0.2) is 36.9 Å². The zero-order valence-corrected chi connectivity index (χ0v) is 10.8. The van der Waals surface area contributed by atoms with Gasteiger partial charge in [0.2, 0.25) is 0 Å². The summed E-state index contributed by atoms with van der Waals surface area (Å²) in [6.45, 7) is 0. The minimum absolute atomic E-state index is 0.576. The topological polar surface area (TPSA) is 55.2 Å². The van der Waals surface area contributed by atoms with E-state index >= 15 is 0 Å². The van der Waals surface area contributed by atoms with Gasteiger partial charge in [0.1, 0.15) is 12.1 Å². The van der Waals surface area contributed by atoms with E-state index in [4.69, 9.17) is 4.74 Å². The van der Waals surface area contributed by atoms with E-state index in [1.807, 2.05) is 12.1 Å². The lowest BCUT2D eigenvalue weighted by Gasteiger charge is -2.33. The van der Waals surface area contributed by atoms with Crippen LogP contribution < -0.4 is 4.74 Å². The molecule has 1 aromatic carbocycles. The number of nitrogens with zero attached hydrogens (tertiary/aromatic N) is 2. The van der Waals surface area contributed by atoms with Crippen molar-refractivity contribution in [3.05, 3.63) is 53.6 Å². The van der Waals surface area contributed by atoms with Crippen molar-refractivity contribution in [2.24, 2.45) is 0 Å². The number of aryl methyl sites for hydroxylation is 1. The van der Waals surface area contributed by atoms with Crippen molar-refractivity contribution < 1.29 is 9.84 Å². The van der Waals surface area contributed by atoms with Gasteiger partial charge in [-0.15, -0.1) is 0 Å². The molecule has 1 N–H and O–H groups in total. The Morgan fingerprint density at radius 2 is 2.00 bits per heavy atom. The lowest BCUT2D eigenvalue weighted by Crippen LogP contribution is -2.33. The summed E-state index contributed by atoms with van der Waals surface area (Å²) in [6.07, 6.45) is 6.99. The summed E-state index contributed by atoms with van der Waals surface area (Å²) >= 11 is 0. The third-order valence-corrected chi connectivity index (χ3v) is 3.80. The summed E-state index contributed by atoms with van der Waals surface area (Å²) in [5, 5.41) is 10.8. The lowest BCUT2D eigenvalue weighted by molar-refractivity contribution is 0.0215. The zero-order valence-electron chi connectivity index (χ0n) is 10.8. The van der Waals surface area contributed by atoms with Gasteiger partial charge in [0.15, 0.2) is 0 Å². The van der Waals surface area contributed by atoms with Crippen LogP contribution >= 0.6 is 0 Å². The summed E-state index contributed by atoms with van der Waals surface area (Å²) in [4.78, 5) is 8.00. The number of rotatable bonds is 2. The first-order chi connectivity index (χ1) is 9.21. The van der Waals surface area contributed by atoms with Crippen LogP contribution in [0.2, 0.25) is 0 Å². The van der Waals surface area contributed by atoms with E-state index in [0.29, 0.717) is 12.8 Å². The van der Waals surface area contributed by atoms with Gasteiger partial charge in [-0.1, -0.05) is 6.07 Å². The van der Waals surface area contributed by atoms with E-state index < -0.39 is 5.60 Å².